The van der Waals surface area contributed by atoms with E-state index in [1.807, 2.05) is 13.8 Å². The Morgan fingerprint density at radius 2 is 2.00 bits per heavy atom. The van der Waals surface area contributed by atoms with E-state index in [2.05, 4.69) is 15.6 Å². The number of benzene rings is 1. The third kappa shape index (κ3) is 4.55. The number of aromatic nitrogens is 1. The summed E-state index contributed by atoms with van der Waals surface area (Å²) in [7, 11) is 1.56. The van der Waals surface area contributed by atoms with Gasteiger partial charge < -0.3 is 15.4 Å². The first kappa shape index (κ1) is 17.5. The summed E-state index contributed by atoms with van der Waals surface area (Å²) in [5.41, 5.74) is 1.17. The quantitative estimate of drug-likeness (QED) is 0.855. The highest BCUT2D eigenvalue weighted by atomic mass is 16.5. The minimum Gasteiger partial charge on any atom is -0.497 e. The first-order valence-electron chi connectivity index (χ1n) is 7.75. The standard InChI is InChI=1S/C18H21N3O3/c1-4-12(2)20-17(22)13-8-9-19-16(10-13)18(23)21-14-6-5-7-15(11-14)24-3/h5-12H,4H2,1-3H3,(H,20,22)(H,21,23). The summed E-state index contributed by atoms with van der Waals surface area (Å²) in [5.74, 6) is 0.0334. The van der Waals surface area contributed by atoms with Crippen LogP contribution in [0.15, 0.2) is 42.6 Å². The van der Waals surface area contributed by atoms with Gasteiger partial charge in [0.1, 0.15) is 11.4 Å². The summed E-state index contributed by atoms with van der Waals surface area (Å²) in [6.07, 6.45) is 2.28. The highest BCUT2D eigenvalue weighted by molar-refractivity contribution is 6.04. The van der Waals surface area contributed by atoms with Crippen molar-refractivity contribution in [2.45, 2.75) is 26.3 Å². The lowest BCUT2D eigenvalue weighted by atomic mass is 10.2. The number of hydrogen-bond donors (Lipinski definition) is 2. The molecule has 1 unspecified atom stereocenters. The summed E-state index contributed by atoms with van der Waals surface area (Å²) in [6, 6.07) is 10.1. The second kappa shape index (κ2) is 8.10. The van der Waals surface area contributed by atoms with Crippen molar-refractivity contribution >= 4 is 17.5 Å². The highest BCUT2D eigenvalue weighted by Crippen LogP contribution is 2.17. The van der Waals surface area contributed by atoms with Crippen LogP contribution < -0.4 is 15.4 Å². The molecule has 1 aromatic carbocycles. The Labute approximate surface area is 141 Å². The molecule has 0 aliphatic heterocycles. The van der Waals surface area contributed by atoms with E-state index in [0.29, 0.717) is 17.0 Å². The van der Waals surface area contributed by atoms with Gasteiger partial charge in [-0.2, -0.15) is 0 Å². The molecule has 2 rings (SSSR count). The number of amides is 2. The highest BCUT2D eigenvalue weighted by Gasteiger charge is 2.13. The van der Waals surface area contributed by atoms with Crippen LogP contribution in [0.25, 0.3) is 0 Å². The molecule has 126 valence electrons. The van der Waals surface area contributed by atoms with Crippen LogP contribution in [0.1, 0.15) is 41.1 Å². The first-order chi connectivity index (χ1) is 11.5. The molecule has 0 fully saturated rings. The number of nitrogens with one attached hydrogen (secondary N) is 2. The fourth-order valence-corrected chi connectivity index (χ4v) is 2.00. The largest absolute Gasteiger partial charge is 0.497 e. The van der Waals surface area contributed by atoms with Crippen LogP contribution in [0.4, 0.5) is 5.69 Å². The van der Waals surface area contributed by atoms with E-state index in [9.17, 15) is 9.59 Å². The number of carbonyl (C=O) groups is 2. The number of hydrogen-bond acceptors (Lipinski definition) is 4. The van der Waals surface area contributed by atoms with Crippen LogP contribution in [-0.4, -0.2) is 29.9 Å². The topological polar surface area (TPSA) is 80.3 Å². The van der Waals surface area contributed by atoms with Crippen LogP contribution >= 0.6 is 0 Å². The smallest absolute Gasteiger partial charge is 0.274 e. The number of pyridine rings is 1. The van der Waals surface area contributed by atoms with Crippen LogP contribution in [0.3, 0.4) is 0 Å². The van der Waals surface area contributed by atoms with Crippen LogP contribution in [0, 0.1) is 0 Å². The predicted octanol–water partition coefficient (Wildman–Crippen LogP) is 2.87. The predicted molar refractivity (Wildman–Crippen MR) is 92.4 cm³/mol. The van der Waals surface area contributed by atoms with Gasteiger partial charge in [-0.05, 0) is 37.6 Å². The lowest BCUT2D eigenvalue weighted by molar-refractivity contribution is 0.0939. The number of nitrogens with zero attached hydrogens (tertiary/aromatic N) is 1. The van der Waals surface area contributed by atoms with Crippen LogP contribution in [0.5, 0.6) is 5.75 Å². The summed E-state index contributed by atoms with van der Waals surface area (Å²) >= 11 is 0. The molecule has 0 aliphatic rings. The molecule has 6 heteroatoms. The number of carbonyl (C=O) groups excluding carboxylic acids is 2. The van der Waals surface area contributed by atoms with Gasteiger partial charge >= 0.3 is 0 Å². The average molecular weight is 327 g/mol. The molecule has 0 aliphatic carbocycles. The first-order valence-corrected chi connectivity index (χ1v) is 7.75. The minimum absolute atomic E-state index is 0.0692. The van der Waals surface area contributed by atoms with Gasteiger partial charge in [0.15, 0.2) is 0 Å². The van der Waals surface area contributed by atoms with Gasteiger partial charge in [-0.1, -0.05) is 13.0 Å². The van der Waals surface area contributed by atoms with E-state index in [4.69, 9.17) is 4.74 Å². The Bertz CT molecular complexity index is 731. The van der Waals surface area contributed by atoms with E-state index < -0.39 is 0 Å². The maximum Gasteiger partial charge on any atom is 0.274 e. The molecule has 1 atom stereocenters. The second-order valence-electron chi connectivity index (χ2n) is 5.40. The maximum absolute atomic E-state index is 12.3. The number of ether oxygens (including phenoxy) is 1. The molecule has 24 heavy (non-hydrogen) atoms. The van der Waals surface area contributed by atoms with Crippen molar-refractivity contribution in [1.29, 1.82) is 0 Å². The molecule has 0 spiro atoms. The second-order valence-corrected chi connectivity index (χ2v) is 5.40. The minimum atomic E-state index is -0.388. The normalized spacial score (nSPS) is 11.5. The summed E-state index contributed by atoms with van der Waals surface area (Å²) in [5, 5.41) is 5.60. The van der Waals surface area contributed by atoms with Crippen molar-refractivity contribution in [2.24, 2.45) is 0 Å². The number of rotatable bonds is 6. The van der Waals surface area contributed by atoms with Crippen molar-refractivity contribution < 1.29 is 14.3 Å². The third-order valence-corrected chi connectivity index (χ3v) is 3.57. The van der Waals surface area contributed by atoms with E-state index >= 15 is 0 Å². The van der Waals surface area contributed by atoms with Crippen LogP contribution in [0.2, 0.25) is 0 Å². The van der Waals surface area contributed by atoms with Crippen molar-refractivity contribution in [3.63, 3.8) is 0 Å². The van der Waals surface area contributed by atoms with Gasteiger partial charge in [-0.3, -0.25) is 14.6 Å². The van der Waals surface area contributed by atoms with Crippen molar-refractivity contribution in [3.8, 4) is 5.75 Å². The van der Waals surface area contributed by atoms with E-state index in [1.165, 1.54) is 12.3 Å². The molecule has 6 nitrogen and oxygen atoms in total. The van der Waals surface area contributed by atoms with E-state index in [0.717, 1.165) is 6.42 Å². The molecular formula is C18H21N3O3. The molecule has 0 saturated carbocycles. The zero-order valence-corrected chi connectivity index (χ0v) is 14.0. The molecule has 0 bridgehead atoms. The molecule has 2 amide bonds. The molecule has 1 aromatic heterocycles. The SMILES string of the molecule is CCC(C)NC(=O)c1ccnc(C(=O)Nc2cccc(OC)c2)c1. The van der Waals surface area contributed by atoms with Gasteiger partial charge in [0.05, 0.1) is 7.11 Å². The Hall–Kier alpha value is -2.89. The maximum atomic E-state index is 12.3. The average Bonchev–Trinajstić information content (AvgIpc) is 2.61. The van der Waals surface area contributed by atoms with Gasteiger partial charge in [0.2, 0.25) is 0 Å². The monoisotopic (exact) mass is 327 g/mol. The summed E-state index contributed by atoms with van der Waals surface area (Å²) in [4.78, 5) is 28.5. The fourth-order valence-electron chi connectivity index (χ4n) is 2.00. The van der Waals surface area contributed by atoms with Crippen molar-refractivity contribution in [2.75, 3.05) is 12.4 Å². The summed E-state index contributed by atoms with van der Waals surface area (Å²) in [6.45, 7) is 3.92. The van der Waals surface area contributed by atoms with E-state index in [1.54, 1.807) is 37.4 Å². The van der Waals surface area contributed by atoms with Gasteiger partial charge in [0, 0.05) is 29.6 Å². The lowest BCUT2D eigenvalue weighted by Gasteiger charge is -2.12. The molecule has 0 radical (unpaired) electrons. The zero-order chi connectivity index (χ0) is 17.5. The van der Waals surface area contributed by atoms with Crippen molar-refractivity contribution in [3.05, 3.63) is 53.9 Å². The van der Waals surface area contributed by atoms with E-state index in [-0.39, 0.29) is 23.6 Å². The van der Waals surface area contributed by atoms with Gasteiger partial charge in [-0.15, -0.1) is 0 Å². The Morgan fingerprint density at radius 3 is 2.71 bits per heavy atom. The molecule has 0 saturated heterocycles. The molecular weight excluding hydrogens is 306 g/mol. The molecule has 2 N–H and O–H groups in total. The number of methoxy groups -OCH3 is 1. The lowest BCUT2D eigenvalue weighted by Crippen LogP contribution is -2.32. The number of anilines is 1. The zero-order valence-electron chi connectivity index (χ0n) is 14.0. The van der Waals surface area contributed by atoms with Gasteiger partial charge in [0.25, 0.3) is 11.8 Å². The van der Waals surface area contributed by atoms with Gasteiger partial charge in [-0.25, -0.2) is 0 Å². The Morgan fingerprint density at radius 1 is 1.21 bits per heavy atom. The summed E-state index contributed by atoms with van der Waals surface area (Å²) < 4.78 is 5.12. The fraction of sp³-hybridized carbons (Fsp3) is 0.278. The Balaban J connectivity index is 2.12. The molecule has 2 aromatic rings. The van der Waals surface area contributed by atoms with Crippen LogP contribution in [-0.2, 0) is 0 Å². The third-order valence-electron chi connectivity index (χ3n) is 3.57. The van der Waals surface area contributed by atoms with Crippen molar-refractivity contribution in [1.82, 2.24) is 10.3 Å². The Kier molecular flexibility index (Phi) is 5.89. The molecule has 1 heterocycles.